The van der Waals surface area contributed by atoms with E-state index in [2.05, 4.69) is 21.2 Å². The first-order valence-electron chi connectivity index (χ1n) is 5.02. The molecular formula is C13H7BrCl2N2. The molecule has 0 atom stereocenters. The molecule has 90 valence electrons. The van der Waals surface area contributed by atoms with Crippen LogP contribution >= 0.6 is 39.1 Å². The zero-order valence-corrected chi connectivity index (χ0v) is 12.1. The fourth-order valence-electron chi connectivity index (χ4n) is 1.42. The highest BCUT2D eigenvalue weighted by atomic mass is 79.9. The zero-order valence-electron chi connectivity index (χ0n) is 9.05. The predicted octanol–water partition coefficient (Wildman–Crippen LogP) is 5.37. The molecule has 0 bridgehead atoms. The number of anilines is 2. The molecule has 0 aliphatic carbocycles. The van der Waals surface area contributed by atoms with E-state index in [1.54, 1.807) is 24.3 Å². The number of nitriles is 1. The molecule has 0 spiro atoms. The van der Waals surface area contributed by atoms with E-state index in [0.29, 0.717) is 15.6 Å². The topological polar surface area (TPSA) is 35.8 Å². The van der Waals surface area contributed by atoms with E-state index in [0.717, 1.165) is 15.8 Å². The van der Waals surface area contributed by atoms with Crippen molar-refractivity contribution in [2.45, 2.75) is 0 Å². The molecule has 0 amide bonds. The van der Waals surface area contributed by atoms with Gasteiger partial charge in [-0.25, -0.2) is 0 Å². The third-order valence-electron chi connectivity index (χ3n) is 2.30. The highest BCUT2D eigenvalue weighted by Gasteiger charge is 2.03. The molecule has 0 aliphatic heterocycles. The quantitative estimate of drug-likeness (QED) is 0.796. The lowest BCUT2D eigenvalue weighted by atomic mass is 10.2. The van der Waals surface area contributed by atoms with Crippen LogP contribution in [0.2, 0.25) is 10.0 Å². The van der Waals surface area contributed by atoms with Gasteiger partial charge in [-0.15, -0.1) is 0 Å². The SMILES string of the molecule is N#Cc1ccc(Nc2ccc(Br)c(Cl)c2)cc1Cl. The number of benzene rings is 2. The highest BCUT2D eigenvalue weighted by Crippen LogP contribution is 2.28. The number of nitrogens with zero attached hydrogens (tertiary/aromatic N) is 1. The molecule has 0 fully saturated rings. The number of hydrogen-bond donors (Lipinski definition) is 1. The van der Waals surface area contributed by atoms with Crippen molar-refractivity contribution in [3.63, 3.8) is 0 Å². The lowest BCUT2D eigenvalue weighted by Crippen LogP contribution is -1.91. The van der Waals surface area contributed by atoms with Gasteiger partial charge in [0.15, 0.2) is 0 Å². The molecule has 0 aromatic heterocycles. The lowest BCUT2D eigenvalue weighted by molar-refractivity contribution is 1.47. The molecule has 5 heteroatoms. The van der Waals surface area contributed by atoms with Crippen molar-refractivity contribution in [3.8, 4) is 6.07 Å². The van der Waals surface area contributed by atoms with Gasteiger partial charge in [0.05, 0.1) is 15.6 Å². The molecule has 0 saturated heterocycles. The normalized spacial score (nSPS) is 9.89. The van der Waals surface area contributed by atoms with Crippen molar-refractivity contribution in [1.29, 1.82) is 5.26 Å². The third-order valence-corrected chi connectivity index (χ3v) is 3.84. The summed E-state index contributed by atoms with van der Waals surface area (Å²) in [5, 5.41) is 13.0. The van der Waals surface area contributed by atoms with Crippen LogP contribution < -0.4 is 5.32 Å². The Kier molecular flexibility index (Phi) is 4.13. The Bertz CT molecular complexity index is 635. The Morgan fingerprint density at radius 2 is 1.61 bits per heavy atom. The summed E-state index contributed by atoms with van der Waals surface area (Å²) in [5.41, 5.74) is 2.11. The average molecular weight is 342 g/mol. The monoisotopic (exact) mass is 340 g/mol. The first-order chi connectivity index (χ1) is 8.60. The van der Waals surface area contributed by atoms with E-state index in [-0.39, 0.29) is 0 Å². The van der Waals surface area contributed by atoms with Crippen molar-refractivity contribution < 1.29 is 0 Å². The van der Waals surface area contributed by atoms with E-state index in [9.17, 15) is 0 Å². The Morgan fingerprint density at radius 3 is 2.17 bits per heavy atom. The first-order valence-corrected chi connectivity index (χ1v) is 6.57. The highest BCUT2D eigenvalue weighted by molar-refractivity contribution is 9.10. The fraction of sp³-hybridized carbons (Fsp3) is 0. The van der Waals surface area contributed by atoms with Crippen LogP contribution in [0.3, 0.4) is 0 Å². The maximum Gasteiger partial charge on any atom is 0.101 e. The number of nitrogens with one attached hydrogen (secondary N) is 1. The van der Waals surface area contributed by atoms with Crippen LogP contribution in [-0.4, -0.2) is 0 Å². The van der Waals surface area contributed by atoms with Crippen LogP contribution in [0.5, 0.6) is 0 Å². The second-order valence-corrected chi connectivity index (χ2v) is 5.23. The lowest BCUT2D eigenvalue weighted by Gasteiger charge is -2.08. The molecule has 0 heterocycles. The molecule has 0 unspecified atom stereocenters. The van der Waals surface area contributed by atoms with Crippen molar-refractivity contribution in [2.75, 3.05) is 5.32 Å². The maximum absolute atomic E-state index is 8.79. The van der Waals surface area contributed by atoms with Gasteiger partial charge in [-0.05, 0) is 52.3 Å². The summed E-state index contributed by atoms with van der Waals surface area (Å²) in [6, 6.07) is 12.7. The molecule has 2 rings (SSSR count). The van der Waals surface area contributed by atoms with E-state index in [1.807, 2.05) is 18.2 Å². The molecule has 0 saturated carbocycles. The second kappa shape index (κ2) is 5.62. The minimum Gasteiger partial charge on any atom is -0.355 e. The smallest absolute Gasteiger partial charge is 0.101 e. The first kappa shape index (κ1) is 13.2. The Labute approximate surface area is 123 Å². The van der Waals surface area contributed by atoms with Crippen LogP contribution in [0.25, 0.3) is 0 Å². The van der Waals surface area contributed by atoms with E-state index in [4.69, 9.17) is 28.5 Å². The largest absolute Gasteiger partial charge is 0.355 e. The summed E-state index contributed by atoms with van der Waals surface area (Å²) in [5.74, 6) is 0. The fourth-order valence-corrected chi connectivity index (χ4v) is 2.07. The van der Waals surface area contributed by atoms with Crippen LogP contribution in [-0.2, 0) is 0 Å². The summed E-state index contributed by atoms with van der Waals surface area (Å²) >= 11 is 15.3. The molecule has 1 N–H and O–H groups in total. The molecule has 2 aromatic carbocycles. The minimum absolute atomic E-state index is 0.422. The Hall–Kier alpha value is -1.21. The van der Waals surface area contributed by atoms with Gasteiger partial charge < -0.3 is 5.32 Å². The van der Waals surface area contributed by atoms with E-state index in [1.165, 1.54) is 0 Å². The van der Waals surface area contributed by atoms with Crippen molar-refractivity contribution in [2.24, 2.45) is 0 Å². The average Bonchev–Trinajstić information content (AvgIpc) is 2.34. The van der Waals surface area contributed by atoms with Gasteiger partial charge in [-0.2, -0.15) is 5.26 Å². The minimum atomic E-state index is 0.422. The molecule has 18 heavy (non-hydrogen) atoms. The summed E-state index contributed by atoms with van der Waals surface area (Å²) in [7, 11) is 0. The molecule has 0 aliphatic rings. The molecule has 2 nitrogen and oxygen atoms in total. The van der Waals surface area contributed by atoms with Crippen LogP contribution in [0.1, 0.15) is 5.56 Å². The van der Waals surface area contributed by atoms with Crippen LogP contribution in [0.15, 0.2) is 40.9 Å². The maximum atomic E-state index is 8.79. The number of halogens is 3. The van der Waals surface area contributed by atoms with Crippen LogP contribution in [0.4, 0.5) is 11.4 Å². The van der Waals surface area contributed by atoms with Gasteiger partial charge in [0.25, 0.3) is 0 Å². The van der Waals surface area contributed by atoms with Crippen molar-refractivity contribution in [3.05, 3.63) is 56.5 Å². The standard InChI is InChI=1S/C13H7BrCl2N2/c14-11-4-3-10(6-13(11)16)18-9-2-1-8(7-17)12(15)5-9/h1-6,18H. The van der Waals surface area contributed by atoms with Crippen LogP contribution in [0, 0.1) is 11.3 Å². The Balaban J connectivity index is 2.26. The van der Waals surface area contributed by atoms with Gasteiger partial charge in [-0.1, -0.05) is 23.2 Å². The molecular weight excluding hydrogens is 335 g/mol. The Morgan fingerprint density at radius 1 is 1.00 bits per heavy atom. The van der Waals surface area contributed by atoms with E-state index >= 15 is 0 Å². The third kappa shape index (κ3) is 2.97. The van der Waals surface area contributed by atoms with Gasteiger partial charge in [0.1, 0.15) is 6.07 Å². The molecule has 0 radical (unpaired) electrons. The number of rotatable bonds is 2. The van der Waals surface area contributed by atoms with E-state index < -0.39 is 0 Å². The summed E-state index contributed by atoms with van der Waals surface area (Å²) in [4.78, 5) is 0. The van der Waals surface area contributed by atoms with Crippen molar-refractivity contribution >= 4 is 50.5 Å². The summed E-state index contributed by atoms with van der Waals surface area (Å²) < 4.78 is 0.840. The predicted molar refractivity (Wildman–Crippen MR) is 78.6 cm³/mol. The zero-order chi connectivity index (χ0) is 13.1. The second-order valence-electron chi connectivity index (χ2n) is 3.56. The summed E-state index contributed by atoms with van der Waals surface area (Å²) in [6.07, 6.45) is 0. The van der Waals surface area contributed by atoms with Gasteiger partial charge in [0, 0.05) is 15.8 Å². The van der Waals surface area contributed by atoms with Gasteiger partial charge in [0.2, 0.25) is 0 Å². The molecule has 2 aromatic rings. The van der Waals surface area contributed by atoms with Gasteiger partial charge >= 0.3 is 0 Å². The van der Waals surface area contributed by atoms with Gasteiger partial charge in [-0.3, -0.25) is 0 Å². The van der Waals surface area contributed by atoms with Crippen molar-refractivity contribution in [1.82, 2.24) is 0 Å². The number of hydrogen-bond acceptors (Lipinski definition) is 2. The summed E-state index contributed by atoms with van der Waals surface area (Å²) in [6.45, 7) is 0.